The number of aliphatic hydroxyl groups excluding tert-OH is 1. The molecule has 0 amide bonds. The van der Waals surface area contributed by atoms with Gasteiger partial charge in [-0.2, -0.15) is 0 Å². The van der Waals surface area contributed by atoms with E-state index in [-0.39, 0.29) is 0 Å². The summed E-state index contributed by atoms with van der Waals surface area (Å²) >= 11 is 0. The molecule has 0 radical (unpaired) electrons. The first kappa shape index (κ1) is 13.9. The van der Waals surface area contributed by atoms with Gasteiger partial charge in [-0.25, -0.2) is 0 Å². The summed E-state index contributed by atoms with van der Waals surface area (Å²) in [4.78, 5) is 2.46. The summed E-state index contributed by atoms with van der Waals surface area (Å²) < 4.78 is 0. The van der Waals surface area contributed by atoms with Crippen molar-refractivity contribution in [3.8, 4) is 0 Å². The number of rotatable bonds is 5. The second-order valence-corrected chi connectivity index (χ2v) is 6.38. The molecule has 1 saturated heterocycles. The zero-order chi connectivity index (χ0) is 13.9. The van der Waals surface area contributed by atoms with E-state index in [9.17, 15) is 5.11 Å². The van der Waals surface area contributed by atoms with Gasteiger partial charge < -0.3 is 15.3 Å². The highest BCUT2D eigenvalue weighted by atomic mass is 16.3. The molecule has 1 aromatic carbocycles. The number of hydrogen-bond donors (Lipinski definition) is 2. The van der Waals surface area contributed by atoms with Crippen molar-refractivity contribution in [1.82, 2.24) is 5.32 Å². The predicted molar refractivity (Wildman–Crippen MR) is 83.1 cm³/mol. The van der Waals surface area contributed by atoms with E-state index in [0.717, 1.165) is 38.5 Å². The van der Waals surface area contributed by atoms with Crippen molar-refractivity contribution in [2.75, 3.05) is 24.6 Å². The SMILES string of the molecule is Cc1cc(N2CCC(CO)CC2)ccc1CNC1CC1. The van der Waals surface area contributed by atoms with Crippen molar-refractivity contribution in [2.45, 2.75) is 45.2 Å². The van der Waals surface area contributed by atoms with Gasteiger partial charge in [-0.05, 0) is 61.8 Å². The van der Waals surface area contributed by atoms with Gasteiger partial charge in [-0.1, -0.05) is 6.07 Å². The molecule has 110 valence electrons. The molecule has 2 aliphatic rings. The summed E-state index contributed by atoms with van der Waals surface area (Å²) in [6.45, 7) is 5.71. The minimum Gasteiger partial charge on any atom is -0.396 e. The Morgan fingerprint density at radius 2 is 1.95 bits per heavy atom. The Kier molecular flexibility index (Phi) is 4.27. The van der Waals surface area contributed by atoms with E-state index in [2.05, 4.69) is 35.3 Å². The van der Waals surface area contributed by atoms with Crippen LogP contribution < -0.4 is 10.2 Å². The number of hydrogen-bond acceptors (Lipinski definition) is 3. The van der Waals surface area contributed by atoms with Gasteiger partial charge in [0.1, 0.15) is 0 Å². The molecule has 0 atom stereocenters. The Hall–Kier alpha value is -1.06. The lowest BCUT2D eigenvalue weighted by atomic mass is 9.97. The van der Waals surface area contributed by atoms with Crippen LogP contribution in [0, 0.1) is 12.8 Å². The molecular weight excluding hydrogens is 248 g/mol. The molecule has 20 heavy (non-hydrogen) atoms. The lowest BCUT2D eigenvalue weighted by Gasteiger charge is -2.33. The normalized spacial score (nSPS) is 20.4. The Morgan fingerprint density at radius 3 is 2.55 bits per heavy atom. The van der Waals surface area contributed by atoms with Gasteiger partial charge >= 0.3 is 0 Å². The van der Waals surface area contributed by atoms with Crippen molar-refractivity contribution in [3.05, 3.63) is 29.3 Å². The average Bonchev–Trinajstić information content (AvgIpc) is 3.30. The molecule has 0 unspecified atom stereocenters. The van der Waals surface area contributed by atoms with Crippen LogP contribution in [0.2, 0.25) is 0 Å². The molecule has 1 heterocycles. The Morgan fingerprint density at radius 1 is 1.20 bits per heavy atom. The van der Waals surface area contributed by atoms with Crippen LogP contribution in [-0.4, -0.2) is 30.8 Å². The van der Waals surface area contributed by atoms with Crippen molar-refractivity contribution in [3.63, 3.8) is 0 Å². The highest BCUT2D eigenvalue weighted by Gasteiger charge is 2.21. The average molecular weight is 274 g/mol. The summed E-state index contributed by atoms with van der Waals surface area (Å²) in [5.41, 5.74) is 4.15. The number of piperidine rings is 1. The zero-order valence-electron chi connectivity index (χ0n) is 12.4. The van der Waals surface area contributed by atoms with Crippen molar-refractivity contribution in [2.24, 2.45) is 5.92 Å². The fourth-order valence-corrected chi connectivity index (χ4v) is 2.99. The molecule has 3 heteroatoms. The monoisotopic (exact) mass is 274 g/mol. The van der Waals surface area contributed by atoms with E-state index in [1.54, 1.807) is 0 Å². The maximum Gasteiger partial charge on any atom is 0.0460 e. The van der Waals surface area contributed by atoms with E-state index in [0.29, 0.717) is 12.5 Å². The minimum atomic E-state index is 0.346. The third-order valence-corrected chi connectivity index (χ3v) is 4.72. The number of nitrogens with one attached hydrogen (secondary N) is 1. The molecule has 2 N–H and O–H groups in total. The van der Waals surface area contributed by atoms with Crippen molar-refractivity contribution < 1.29 is 5.11 Å². The third kappa shape index (κ3) is 3.33. The molecule has 1 aliphatic heterocycles. The summed E-state index contributed by atoms with van der Waals surface area (Å²) in [7, 11) is 0. The fourth-order valence-electron chi connectivity index (χ4n) is 2.99. The van der Waals surface area contributed by atoms with E-state index in [1.165, 1.54) is 29.7 Å². The third-order valence-electron chi connectivity index (χ3n) is 4.72. The Balaban J connectivity index is 1.60. The van der Waals surface area contributed by atoms with E-state index in [1.807, 2.05) is 0 Å². The van der Waals surface area contributed by atoms with Gasteiger partial charge in [0.2, 0.25) is 0 Å². The number of aryl methyl sites for hydroxylation is 1. The topological polar surface area (TPSA) is 35.5 Å². The number of benzene rings is 1. The highest BCUT2D eigenvalue weighted by Crippen LogP contribution is 2.26. The second kappa shape index (κ2) is 6.15. The fraction of sp³-hybridized carbons (Fsp3) is 0.647. The summed E-state index contributed by atoms with van der Waals surface area (Å²) in [6, 6.07) is 7.63. The van der Waals surface area contributed by atoms with Crippen LogP contribution in [0.1, 0.15) is 36.8 Å². The molecule has 0 bridgehead atoms. The predicted octanol–water partition coefficient (Wildman–Crippen LogP) is 2.46. The van der Waals surface area contributed by atoms with E-state index < -0.39 is 0 Å². The molecule has 3 rings (SSSR count). The standard InChI is InChI=1S/C17H26N2O/c1-13-10-17(19-8-6-14(12-20)7-9-19)5-2-15(13)11-18-16-3-4-16/h2,5,10,14,16,18,20H,3-4,6-9,11-12H2,1H3. The lowest BCUT2D eigenvalue weighted by molar-refractivity contribution is 0.203. The first-order valence-electron chi connectivity index (χ1n) is 7.95. The van der Waals surface area contributed by atoms with Gasteiger partial charge in [0.15, 0.2) is 0 Å². The molecule has 1 aliphatic carbocycles. The summed E-state index contributed by atoms with van der Waals surface area (Å²) in [5.74, 6) is 0.509. The quantitative estimate of drug-likeness (QED) is 0.866. The van der Waals surface area contributed by atoms with Crippen LogP contribution in [0.15, 0.2) is 18.2 Å². The number of aliphatic hydroxyl groups is 1. The zero-order valence-corrected chi connectivity index (χ0v) is 12.4. The first-order valence-corrected chi connectivity index (χ1v) is 7.95. The molecule has 1 aromatic rings. The van der Waals surface area contributed by atoms with E-state index in [4.69, 9.17) is 0 Å². The highest BCUT2D eigenvalue weighted by molar-refractivity contribution is 5.51. The van der Waals surface area contributed by atoms with Crippen LogP contribution in [0.4, 0.5) is 5.69 Å². The minimum absolute atomic E-state index is 0.346. The molecule has 0 aromatic heterocycles. The second-order valence-electron chi connectivity index (χ2n) is 6.38. The molecule has 2 fully saturated rings. The lowest BCUT2D eigenvalue weighted by Crippen LogP contribution is -2.34. The van der Waals surface area contributed by atoms with Gasteiger partial charge in [0.05, 0.1) is 0 Å². The smallest absolute Gasteiger partial charge is 0.0460 e. The van der Waals surface area contributed by atoms with Gasteiger partial charge in [0.25, 0.3) is 0 Å². The van der Waals surface area contributed by atoms with Crippen LogP contribution in [0.25, 0.3) is 0 Å². The largest absolute Gasteiger partial charge is 0.396 e. The Labute approximate surface area is 122 Å². The first-order chi connectivity index (χ1) is 9.76. The van der Waals surface area contributed by atoms with Crippen LogP contribution in [0.3, 0.4) is 0 Å². The van der Waals surface area contributed by atoms with Gasteiger partial charge in [-0.3, -0.25) is 0 Å². The van der Waals surface area contributed by atoms with Gasteiger partial charge in [0, 0.05) is 38.0 Å². The van der Waals surface area contributed by atoms with Crippen LogP contribution in [-0.2, 0) is 6.54 Å². The Bertz CT molecular complexity index is 448. The van der Waals surface area contributed by atoms with Crippen LogP contribution >= 0.6 is 0 Å². The van der Waals surface area contributed by atoms with Crippen molar-refractivity contribution >= 4 is 5.69 Å². The van der Waals surface area contributed by atoms with Crippen LogP contribution in [0.5, 0.6) is 0 Å². The summed E-state index contributed by atoms with van der Waals surface area (Å²) in [5, 5.41) is 12.8. The number of anilines is 1. The molecule has 3 nitrogen and oxygen atoms in total. The molecule has 1 saturated carbocycles. The van der Waals surface area contributed by atoms with Gasteiger partial charge in [-0.15, -0.1) is 0 Å². The van der Waals surface area contributed by atoms with E-state index >= 15 is 0 Å². The molecule has 0 spiro atoms. The number of nitrogens with zero attached hydrogens (tertiary/aromatic N) is 1. The summed E-state index contributed by atoms with van der Waals surface area (Å²) in [6.07, 6.45) is 4.91. The molecular formula is C17H26N2O. The maximum absolute atomic E-state index is 9.21. The maximum atomic E-state index is 9.21. The van der Waals surface area contributed by atoms with Crippen molar-refractivity contribution in [1.29, 1.82) is 0 Å².